The lowest BCUT2D eigenvalue weighted by molar-refractivity contribution is 0.0825. The van der Waals surface area contributed by atoms with Crippen LogP contribution < -0.4 is 4.90 Å². The van der Waals surface area contributed by atoms with Crippen molar-refractivity contribution in [2.45, 2.75) is 0 Å². The lowest BCUT2D eigenvalue weighted by atomic mass is 10.3. The van der Waals surface area contributed by atoms with E-state index in [1.807, 2.05) is 4.90 Å². The number of aromatic nitrogens is 2. The SMILES string of the molecule is O=C(OCCO)N1CCN(c2ncccn2)CC1. The summed E-state index contributed by atoms with van der Waals surface area (Å²) in [6, 6.07) is 1.77. The first-order chi connectivity index (χ1) is 8.81. The van der Waals surface area contributed by atoms with Gasteiger partial charge in [-0.05, 0) is 6.07 Å². The molecule has 0 bridgehead atoms. The number of amides is 1. The highest BCUT2D eigenvalue weighted by Gasteiger charge is 2.23. The van der Waals surface area contributed by atoms with Crippen LogP contribution in [0.5, 0.6) is 0 Å². The fourth-order valence-corrected chi connectivity index (χ4v) is 1.77. The first-order valence-corrected chi connectivity index (χ1v) is 5.86. The quantitative estimate of drug-likeness (QED) is 0.797. The van der Waals surface area contributed by atoms with Gasteiger partial charge in [0.2, 0.25) is 5.95 Å². The zero-order chi connectivity index (χ0) is 12.8. The average Bonchev–Trinajstić information content (AvgIpc) is 2.46. The summed E-state index contributed by atoms with van der Waals surface area (Å²) in [6.45, 7) is 2.39. The van der Waals surface area contributed by atoms with E-state index in [0.717, 1.165) is 0 Å². The van der Waals surface area contributed by atoms with Gasteiger partial charge in [0.25, 0.3) is 0 Å². The monoisotopic (exact) mass is 252 g/mol. The molecule has 0 aliphatic carbocycles. The van der Waals surface area contributed by atoms with Gasteiger partial charge in [-0.1, -0.05) is 0 Å². The second kappa shape index (κ2) is 6.15. The number of carbonyl (C=O) groups excluding carboxylic acids is 1. The lowest BCUT2D eigenvalue weighted by Crippen LogP contribution is -2.49. The van der Waals surface area contributed by atoms with Crippen LogP contribution in [0.25, 0.3) is 0 Å². The Kier molecular flexibility index (Phi) is 4.30. The summed E-state index contributed by atoms with van der Waals surface area (Å²) in [5.41, 5.74) is 0. The van der Waals surface area contributed by atoms with Crippen molar-refractivity contribution < 1.29 is 14.6 Å². The summed E-state index contributed by atoms with van der Waals surface area (Å²) in [5.74, 6) is 0.681. The predicted molar refractivity (Wildman–Crippen MR) is 64.3 cm³/mol. The first kappa shape index (κ1) is 12.6. The zero-order valence-corrected chi connectivity index (χ0v) is 10.0. The molecular weight excluding hydrogens is 236 g/mol. The van der Waals surface area contributed by atoms with E-state index in [0.29, 0.717) is 32.1 Å². The van der Waals surface area contributed by atoms with Crippen molar-refractivity contribution in [3.63, 3.8) is 0 Å². The molecule has 7 nitrogen and oxygen atoms in total. The highest BCUT2D eigenvalue weighted by atomic mass is 16.6. The largest absolute Gasteiger partial charge is 0.447 e. The van der Waals surface area contributed by atoms with Crippen molar-refractivity contribution in [3.8, 4) is 0 Å². The van der Waals surface area contributed by atoms with Crippen molar-refractivity contribution in [2.75, 3.05) is 44.3 Å². The maximum atomic E-state index is 11.5. The Labute approximate surface area is 105 Å². The number of hydrogen-bond donors (Lipinski definition) is 1. The van der Waals surface area contributed by atoms with Gasteiger partial charge < -0.3 is 19.6 Å². The van der Waals surface area contributed by atoms with E-state index in [9.17, 15) is 4.79 Å². The molecule has 98 valence electrons. The molecule has 1 aliphatic heterocycles. The fourth-order valence-electron chi connectivity index (χ4n) is 1.77. The molecule has 1 amide bonds. The topological polar surface area (TPSA) is 78.8 Å². The smallest absolute Gasteiger partial charge is 0.409 e. The molecule has 0 saturated carbocycles. The minimum atomic E-state index is -0.377. The van der Waals surface area contributed by atoms with Gasteiger partial charge in [-0.2, -0.15) is 0 Å². The van der Waals surface area contributed by atoms with E-state index >= 15 is 0 Å². The molecule has 1 aromatic heterocycles. The van der Waals surface area contributed by atoms with Gasteiger partial charge in [0.15, 0.2) is 0 Å². The standard InChI is InChI=1S/C11H16N4O3/c16-8-9-18-11(17)15-6-4-14(5-7-15)10-12-2-1-3-13-10/h1-3,16H,4-9H2. The van der Waals surface area contributed by atoms with Crippen LogP contribution in [0.4, 0.5) is 10.7 Å². The van der Waals surface area contributed by atoms with E-state index in [4.69, 9.17) is 9.84 Å². The molecule has 0 unspecified atom stereocenters. The Balaban J connectivity index is 1.83. The lowest BCUT2D eigenvalue weighted by Gasteiger charge is -2.33. The molecule has 0 aromatic carbocycles. The molecule has 2 heterocycles. The summed E-state index contributed by atoms with van der Waals surface area (Å²) in [5, 5.41) is 8.58. The van der Waals surface area contributed by atoms with Crippen molar-refractivity contribution in [3.05, 3.63) is 18.5 Å². The van der Waals surface area contributed by atoms with Crippen LogP contribution in [0.2, 0.25) is 0 Å². The molecule has 18 heavy (non-hydrogen) atoms. The molecule has 0 spiro atoms. The Bertz CT molecular complexity index is 379. The number of anilines is 1. The average molecular weight is 252 g/mol. The van der Waals surface area contributed by atoms with Crippen LogP contribution in [0, 0.1) is 0 Å². The van der Waals surface area contributed by atoms with E-state index in [-0.39, 0.29) is 19.3 Å². The molecule has 1 fully saturated rings. The number of carbonyl (C=O) groups is 1. The number of hydrogen-bond acceptors (Lipinski definition) is 6. The number of nitrogens with zero attached hydrogens (tertiary/aromatic N) is 4. The molecule has 7 heteroatoms. The van der Waals surface area contributed by atoms with Gasteiger partial charge in [-0.15, -0.1) is 0 Å². The molecule has 2 rings (SSSR count). The van der Waals surface area contributed by atoms with Crippen LogP contribution in [0.15, 0.2) is 18.5 Å². The maximum Gasteiger partial charge on any atom is 0.409 e. The second-order valence-corrected chi connectivity index (χ2v) is 3.86. The third kappa shape index (κ3) is 3.07. The Morgan fingerprint density at radius 2 is 1.94 bits per heavy atom. The normalized spacial score (nSPS) is 15.6. The second-order valence-electron chi connectivity index (χ2n) is 3.86. The molecule has 1 aromatic rings. The van der Waals surface area contributed by atoms with Gasteiger partial charge in [-0.3, -0.25) is 0 Å². The van der Waals surface area contributed by atoms with Crippen LogP contribution in [-0.4, -0.2) is 65.5 Å². The van der Waals surface area contributed by atoms with Gasteiger partial charge >= 0.3 is 6.09 Å². The van der Waals surface area contributed by atoms with Gasteiger partial charge in [0.1, 0.15) is 6.61 Å². The van der Waals surface area contributed by atoms with E-state index < -0.39 is 0 Å². The summed E-state index contributed by atoms with van der Waals surface area (Å²) in [7, 11) is 0. The minimum Gasteiger partial charge on any atom is -0.447 e. The van der Waals surface area contributed by atoms with Crippen LogP contribution in [-0.2, 0) is 4.74 Å². The van der Waals surface area contributed by atoms with Gasteiger partial charge in [0, 0.05) is 38.6 Å². The summed E-state index contributed by atoms with van der Waals surface area (Å²) in [6.07, 6.45) is 3.02. The third-order valence-electron chi connectivity index (χ3n) is 2.69. The predicted octanol–water partition coefficient (Wildman–Crippen LogP) is -0.273. The Morgan fingerprint density at radius 3 is 2.56 bits per heavy atom. The maximum absolute atomic E-state index is 11.5. The Morgan fingerprint density at radius 1 is 1.28 bits per heavy atom. The number of ether oxygens (including phenoxy) is 1. The molecule has 0 atom stereocenters. The van der Waals surface area contributed by atoms with Crippen LogP contribution >= 0.6 is 0 Å². The Hall–Kier alpha value is -1.89. The summed E-state index contributed by atoms with van der Waals surface area (Å²) >= 11 is 0. The zero-order valence-electron chi connectivity index (χ0n) is 10.0. The highest BCUT2D eigenvalue weighted by Crippen LogP contribution is 2.10. The first-order valence-electron chi connectivity index (χ1n) is 5.86. The molecular formula is C11H16N4O3. The van der Waals surface area contributed by atoms with Crippen molar-refractivity contribution in [2.24, 2.45) is 0 Å². The molecule has 0 radical (unpaired) electrons. The number of piperazine rings is 1. The number of rotatable bonds is 3. The minimum absolute atomic E-state index is 0.0425. The molecule has 1 aliphatic rings. The molecule has 1 N–H and O–H groups in total. The number of aliphatic hydroxyl groups excluding tert-OH is 1. The van der Waals surface area contributed by atoms with Crippen molar-refractivity contribution in [1.82, 2.24) is 14.9 Å². The van der Waals surface area contributed by atoms with E-state index in [1.165, 1.54) is 0 Å². The number of aliphatic hydroxyl groups is 1. The third-order valence-corrected chi connectivity index (χ3v) is 2.69. The van der Waals surface area contributed by atoms with Crippen molar-refractivity contribution >= 4 is 12.0 Å². The summed E-state index contributed by atoms with van der Waals surface area (Å²) in [4.78, 5) is 23.5. The molecule has 1 saturated heterocycles. The van der Waals surface area contributed by atoms with E-state index in [2.05, 4.69) is 9.97 Å². The van der Waals surface area contributed by atoms with Gasteiger partial charge in [-0.25, -0.2) is 14.8 Å². The highest BCUT2D eigenvalue weighted by molar-refractivity contribution is 5.68. The van der Waals surface area contributed by atoms with Crippen LogP contribution in [0.3, 0.4) is 0 Å². The van der Waals surface area contributed by atoms with Crippen LogP contribution in [0.1, 0.15) is 0 Å². The summed E-state index contributed by atoms with van der Waals surface area (Å²) < 4.78 is 4.86. The fraction of sp³-hybridized carbons (Fsp3) is 0.545. The van der Waals surface area contributed by atoms with Gasteiger partial charge in [0.05, 0.1) is 6.61 Å². The van der Waals surface area contributed by atoms with Crippen molar-refractivity contribution in [1.29, 1.82) is 0 Å². The van der Waals surface area contributed by atoms with E-state index in [1.54, 1.807) is 23.4 Å².